The Bertz CT molecular complexity index is 1510. The maximum absolute atomic E-state index is 13.3. The maximum atomic E-state index is 13.3. The molecule has 0 N–H and O–H groups in total. The third-order valence-corrected chi connectivity index (χ3v) is 8.97. The Labute approximate surface area is 211 Å². The van der Waals surface area contributed by atoms with Gasteiger partial charge in [-0.05, 0) is 57.4 Å². The fourth-order valence-electron chi connectivity index (χ4n) is 4.88. The zero-order valence-corrected chi connectivity index (χ0v) is 21.4. The Morgan fingerprint density at radius 1 is 0.861 bits per heavy atom. The minimum absolute atomic E-state index is 0.342. The van der Waals surface area contributed by atoms with Crippen molar-refractivity contribution in [3.8, 4) is 5.69 Å². The predicted octanol–water partition coefficient (Wildman–Crippen LogP) is 4.21. The molecule has 0 unspecified atom stereocenters. The molecule has 1 saturated carbocycles. The average molecular weight is 503 g/mol. The lowest BCUT2D eigenvalue weighted by Crippen LogP contribution is -2.35. The summed E-state index contributed by atoms with van der Waals surface area (Å²) in [6.07, 6.45) is 2.93. The van der Waals surface area contributed by atoms with Gasteiger partial charge >= 0.3 is 0 Å². The second-order valence-electron chi connectivity index (χ2n) is 9.77. The third kappa shape index (κ3) is 4.16. The molecule has 0 spiro atoms. The van der Waals surface area contributed by atoms with Gasteiger partial charge in [0.05, 0.1) is 21.7 Å². The summed E-state index contributed by atoms with van der Waals surface area (Å²) in [7, 11) is -3.53. The Hall–Kier alpha value is -3.30. The van der Waals surface area contributed by atoms with E-state index in [9.17, 15) is 8.42 Å². The van der Waals surface area contributed by atoms with Crippen molar-refractivity contribution in [1.82, 2.24) is 24.1 Å². The fraction of sp³-hybridized carbons (Fsp3) is 0.370. The van der Waals surface area contributed by atoms with E-state index in [-0.39, 0.29) is 0 Å². The maximum Gasteiger partial charge on any atom is 0.243 e. The van der Waals surface area contributed by atoms with Crippen LogP contribution in [0.3, 0.4) is 0 Å². The van der Waals surface area contributed by atoms with Crippen LogP contribution in [0.1, 0.15) is 42.3 Å². The first-order valence-electron chi connectivity index (χ1n) is 12.6. The summed E-state index contributed by atoms with van der Waals surface area (Å²) < 4.78 is 30.0. The minimum atomic E-state index is -3.53. The van der Waals surface area contributed by atoms with Crippen molar-refractivity contribution < 1.29 is 8.42 Å². The largest absolute Gasteiger partial charge is 0.355 e. The van der Waals surface area contributed by atoms with Crippen LogP contribution in [0.4, 0.5) is 5.82 Å². The molecule has 0 amide bonds. The van der Waals surface area contributed by atoms with Crippen molar-refractivity contribution in [3.63, 3.8) is 0 Å². The second-order valence-corrected chi connectivity index (χ2v) is 11.7. The molecule has 0 radical (unpaired) electrons. The van der Waals surface area contributed by atoms with E-state index < -0.39 is 10.0 Å². The van der Waals surface area contributed by atoms with Gasteiger partial charge in [0.1, 0.15) is 11.6 Å². The first kappa shape index (κ1) is 23.1. The lowest BCUT2D eigenvalue weighted by atomic mass is 10.2. The number of anilines is 1. The molecule has 0 atom stereocenters. The molecule has 2 fully saturated rings. The molecule has 3 heterocycles. The molecule has 1 aliphatic carbocycles. The van der Waals surface area contributed by atoms with Crippen LogP contribution in [0.2, 0.25) is 0 Å². The third-order valence-electron chi connectivity index (χ3n) is 7.06. The zero-order chi connectivity index (χ0) is 24.9. The number of nitrogens with zero attached hydrogens (tertiary/aromatic N) is 6. The van der Waals surface area contributed by atoms with Gasteiger partial charge in [-0.2, -0.15) is 9.40 Å². The van der Waals surface area contributed by atoms with E-state index in [1.807, 2.05) is 17.7 Å². The lowest BCUT2D eigenvalue weighted by molar-refractivity contribution is 0.433. The molecular formula is C27H30N6O2S. The van der Waals surface area contributed by atoms with Crippen LogP contribution >= 0.6 is 0 Å². The van der Waals surface area contributed by atoms with E-state index in [0.717, 1.165) is 59.9 Å². The number of hydrogen-bond donors (Lipinski definition) is 0. The molecule has 2 aromatic carbocycles. The number of aryl methyl sites for hydroxylation is 2. The molecule has 36 heavy (non-hydrogen) atoms. The average Bonchev–Trinajstić information content (AvgIpc) is 3.71. The van der Waals surface area contributed by atoms with Gasteiger partial charge in [-0.3, -0.25) is 0 Å². The molecule has 1 saturated heterocycles. The smallest absolute Gasteiger partial charge is 0.243 e. The molecular weight excluding hydrogens is 472 g/mol. The van der Waals surface area contributed by atoms with E-state index in [1.165, 1.54) is 5.56 Å². The second kappa shape index (κ2) is 8.97. The summed E-state index contributed by atoms with van der Waals surface area (Å²) in [5.74, 6) is 2.12. The highest BCUT2D eigenvalue weighted by Gasteiger charge is 2.32. The number of aromatic nitrogens is 4. The molecule has 1 aliphatic heterocycles. The summed E-state index contributed by atoms with van der Waals surface area (Å²) in [6.45, 7) is 6.26. The Balaban J connectivity index is 1.38. The van der Waals surface area contributed by atoms with Crippen LogP contribution in [-0.2, 0) is 10.0 Å². The number of fused-ring (bicyclic) bond motifs is 1. The van der Waals surface area contributed by atoms with E-state index in [4.69, 9.17) is 15.1 Å². The first-order chi connectivity index (χ1) is 17.4. The van der Waals surface area contributed by atoms with E-state index in [2.05, 4.69) is 36.1 Å². The molecule has 2 aromatic heterocycles. The van der Waals surface area contributed by atoms with Crippen LogP contribution in [0.5, 0.6) is 0 Å². The van der Waals surface area contributed by atoms with Gasteiger partial charge in [0.25, 0.3) is 0 Å². The Kier molecular flexibility index (Phi) is 5.76. The molecule has 0 bridgehead atoms. The Morgan fingerprint density at radius 2 is 1.61 bits per heavy atom. The SMILES string of the molecule is Cc1ccc(-n2nc(C)c3c(N4CCCN(S(=O)(=O)c5ccccc5)CC4)nc(C4CC4)nc32)cc1. The topological polar surface area (TPSA) is 84.2 Å². The highest BCUT2D eigenvalue weighted by atomic mass is 32.2. The van der Waals surface area contributed by atoms with Crippen molar-refractivity contribution >= 4 is 26.9 Å². The fourth-order valence-corrected chi connectivity index (χ4v) is 6.38. The normalized spacial score (nSPS) is 17.4. The van der Waals surface area contributed by atoms with Gasteiger partial charge < -0.3 is 4.90 Å². The van der Waals surface area contributed by atoms with Crippen LogP contribution in [0.15, 0.2) is 59.5 Å². The number of rotatable bonds is 5. The van der Waals surface area contributed by atoms with Crippen molar-refractivity contribution in [2.75, 3.05) is 31.1 Å². The number of benzene rings is 2. The van der Waals surface area contributed by atoms with Gasteiger partial charge in [0.2, 0.25) is 10.0 Å². The Morgan fingerprint density at radius 3 is 2.33 bits per heavy atom. The molecule has 8 nitrogen and oxygen atoms in total. The summed E-state index contributed by atoms with van der Waals surface area (Å²) in [4.78, 5) is 12.6. The molecule has 4 aromatic rings. The summed E-state index contributed by atoms with van der Waals surface area (Å²) in [5.41, 5.74) is 3.86. The van der Waals surface area contributed by atoms with Crippen LogP contribution < -0.4 is 4.90 Å². The van der Waals surface area contributed by atoms with Gasteiger partial charge in [-0.1, -0.05) is 35.9 Å². The van der Waals surface area contributed by atoms with Crippen LogP contribution in [-0.4, -0.2) is 58.7 Å². The van der Waals surface area contributed by atoms with E-state index in [1.54, 1.807) is 28.6 Å². The first-order valence-corrected chi connectivity index (χ1v) is 14.0. The molecule has 186 valence electrons. The summed E-state index contributed by atoms with van der Waals surface area (Å²) >= 11 is 0. The van der Waals surface area contributed by atoms with Crippen molar-refractivity contribution in [2.24, 2.45) is 0 Å². The number of sulfonamides is 1. The minimum Gasteiger partial charge on any atom is -0.355 e. The lowest BCUT2D eigenvalue weighted by Gasteiger charge is -2.24. The van der Waals surface area contributed by atoms with Crippen molar-refractivity contribution in [1.29, 1.82) is 0 Å². The zero-order valence-electron chi connectivity index (χ0n) is 20.6. The molecule has 9 heteroatoms. The standard InChI is InChI=1S/C27H30N6O2S/c1-19-9-13-22(14-10-19)33-27-24(20(2)30-33)26(28-25(29-27)21-11-12-21)31-15-6-16-32(18-17-31)36(34,35)23-7-4-3-5-8-23/h3-5,7-10,13-14,21H,6,11-12,15-18H2,1-2H3. The monoisotopic (exact) mass is 502 g/mol. The van der Waals surface area contributed by atoms with Gasteiger partial charge in [-0.15, -0.1) is 0 Å². The highest BCUT2D eigenvalue weighted by molar-refractivity contribution is 7.89. The van der Waals surface area contributed by atoms with Gasteiger partial charge in [-0.25, -0.2) is 23.1 Å². The number of hydrogen-bond acceptors (Lipinski definition) is 6. The van der Waals surface area contributed by atoms with Crippen LogP contribution in [0.25, 0.3) is 16.7 Å². The van der Waals surface area contributed by atoms with Gasteiger partial charge in [0, 0.05) is 32.1 Å². The summed E-state index contributed by atoms with van der Waals surface area (Å²) in [6, 6.07) is 17.0. The van der Waals surface area contributed by atoms with E-state index in [0.29, 0.717) is 30.4 Å². The van der Waals surface area contributed by atoms with Crippen LogP contribution in [0, 0.1) is 13.8 Å². The van der Waals surface area contributed by atoms with Crippen molar-refractivity contribution in [3.05, 3.63) is 71.7 Å². The molecule has 6 rings (SSSR count). The quantitative estimate of drug-likeness (QED) is 0.407. The van der Waals surface area contributed by atoms with Gasteiger partial charge in [0.15, 0.2) is 5.65 Å². The summed E-state index contributed by atoms with van der Waals surface area (Å²) in [5, 5.41) is 5.81. The van der Waals surface area contributed by atoms with E-state index >= 15 is 0 Å². The highest BCUT2D eigenvalue weighted by Crippen LogP contribution is 2.40. The van der Waals surface area contributed by atoms with Crippen molar-refractivity contribution in [2.45, 2.75) is 43.9 Å². The predicted molar refractivity (Wildman–Crippen MR) is 140 cm³/mol. The molecule has 2 aliphatic rings.